The minimum atomic E-state index is -2.87. The van der Waals surface area contributed by atoms with Crippen molar-refractivity contribution >= 4 is 34.8 Å². The van der Waals surface area contributed by atoms with E-state index in [1.165, 1.54) is 29.9 Å². The quantitative estimate of drug-likeness (QED) is 0.162. The van der Waals surface area contributed by atoms with Gasteiger partial charge in [-0.2, -0.15) is 5.10 Å². The topological polar surface area (TPSA) is 166 Å². The first-order valence-electron chi connectivity index (χ1n) is 15.6. The summed E-state index contributed by atoms with van der Waals surface area (Å²) in [5, 5.41) is 12.2. The summed E-state index contributed by atoms with van der Waals surface area (Å²) in [6.45, 7) is 3.60. The summed E-state index contributed by atoms with van der Waals surface area (Å²) in [5.41, 5.74) is -2.39. The molecule has 0 saturated heterocycles. The molecule has 0 radical (unpaired) electrons. The summed E-state index contributed by atoms with van der Waals surface area (Å²) in [6, 6.07) is 12.5. The van der Waals surface area contributed by atoms with Gasteiger partial charge < -0.3 is 20.7 Å². The van der Waals surface area contributed by atoms with Crippen molar-refractivity contribution in [3.05, 3.63) is 95.1 Å². The zero-order valence-corrected chi connectivity index (χ0v) is 27.5. The third kappa shape index (κ3) is 7.32. The number of halogens is 4. The van der Waals surface area contributed by atoms with Gasteiger partial charge in [0.1, 0.15) is 35.4 Å². The van der Waals surface area contributed by atoms with E-state index in [1.54, 1.807) is 44.2 Å². The second-order valence-electron chi connectivity index (χ2n) is 12.7. The van der Waals surface area contributed by atoms with Gasteiger partial charge in [-0.05, 0) is 44.5 Å². The van der Waals surface area contributed by atoms with E-state index in [2.05, 4.69) is 41.0 Å². The molecule has 1 atom stereocenters. The van der Waals surface area contributed by atoms with Crippen LogP contribution in [0.5, 0.6) is 0 Å². The molecule has 264 valence electrons. The molecule has 0 spiro atoms. The molecule has 5 heterocycles. The minimum Gasteiger partial charge on any atom is -0.445 e. The summed E-state index contributed by atoms with van der Waals surface area (Å²) >= 11 is 0. The zero-order valence-electron chi connectivity index (χ0n) is 27.5. The van der Waals surface area contributed by atoms with Crippen LogP contribution in [0.2, 0.25) is 0 Å². The normalized spacial score (nSPS) is 14.5. The highest BCUT2D eigenvalue weighted by Crippen LogP contribution is 2.40. The molecule has 13 nitrogen and oxygen atoms in total. The molecule has 5 aromatic rings. The molecular formula is C34H31F4N9O4. The number of alkyl halides is 2. The van der Waals surface area contributed by atoms with E-state index in [1.807, 2.05) is 0 Å². The first-order chi connectivity index (χ1) is 24.2. The van der Waals surface area contributed by atoms with E-state index in [0.29, 0.717) is 5.56 Å². The minimum absolute atomic E-state index is 0.0212. The number of rotatable bonds is 11. The predicted octanol–water partition coefficient (Wildman–Crippen LogP) is 4.91. The van der Waals surface area contributed by atoms with Gasteiger partial charge in [-0.15, -0.1) is 0 Å². The second-order valence-corrected chi connectivity index (χ2v) is 12.7. The van der Waals surface area contributed by atoms with Crippen LogP contribution in [0.3, 0.4) is 0 Å². The number of ether oxygens (including phenoxy) is 1. The van der Waals surface area contributed by atoms with E-state index < -0.39 is 59.9 Å². The van der Waals surface area contributed by atoms with Crippen LogP contribution in [-0.4, -0.2) is 66.1 Å². The van der Waals surface area contributed by atoms with Crippen LogP contribution >= 0.6 is 0 Å². The molecule has 0 fully saturated rings. The molecule has 3 amide bonds. The number of hydrogen-bond donors (Lipinski definition) is 3. The van der Waals surface area contributed by atoms with Crippen molar-refractivity contribution in [2.75, 3.05) is 11.9 Å². The van der Waals surface area contributed by atoms with Gasteiger partial charge in [-0.3, -0.25) is 14.6 Å². The Morgan fingerprint density at radius 2 is 1.84 bits per heavy atom. The maximum atomic E-state index is 14.5. The zero-order chi connectivity index (χ0) is 36.5. The van der Waals surface area contributed by atoms with E-state index >= 15 is 0 Å². The fourth-order valence-corrected chi connectivity index (χ4v) is 5.65. The van der Waals surface area contributed by atoms with Gasteiger partial charge in [-0.1, -0.05) is 30.3 Å². The number of benzene rings is 1. The lowest BCUT2D eigenvalue weighted by molar-refractivity contribution is -0.119. The van der Waals surface area contributed by atoms with Crippen LogP contribution in [0.4, 0.5) is 28.2 Å². The lowest BCUT2D eigenvalue weighted by Crippen LogP contribution is -2.54. The molecule has 0 bridgehead atoms. The van der Waals surface area contributed by atoms with Crippen LogP contribution in [0.25, 0.3) is 22.6 Å². The lowest BCUT2D eigenvalue weighted by atomic mass is 9.85. The third-order valence-corrected chi connectivity index (χ3v) is 8.31. The van der Waals surface area contributed by atoms with Crippen LogP contribution in [-0.2, 0) is 28.1 Å². The van der Waals surface area contributed by atoms with Gasteiger partial charge in [0.25, 0.3) is 5.91 Å². The summed E-state index contributed by atoms with van der Waals surface area (Å²) in [7, 11) is 0. The average molecular weight is 706 g/mol. The monoisotopic (exact) mass is 705 g/mol. The summed E-state index contributed by atoms with van der Waals surface area (Å²) < 4.78 is 63.0. The van der Waals surface area contributed by atoms with E-state index in [4.69, 9.17) is 4.74 Å². The Hall–Kier alpha value is -6.00. The standard InChI is InChI=1S/C34H31F4N9O4/c1-33(2)24-26(30(48)41-17-34(3,13-23(37)38)45-32(50)51-16-18-8-5-4-6-9-18)42-28(43-27(24)44-31(33)49)25-20-12-19(35)14-40-29(20)47(46-25)15-22-21(36)10-7-11-39-22/h4-12,14,23H,13,15-17H2,1-3H3,(H,41,48)(H,45,50)(H,42,43,44,49). The second kappa shape index (κ2) is 13.7. The van der Waals surface area contributed by atoms with E-state index in [-0.39, 0.29) is 58.5 Å². The Morgan fingerprint density at radius 1 is 1.08 bits per heavy atom. The van der Waals surface area contributed by atoms with Gasteiger partial charge in [0, 0.05) is 24.7 Å². The molecule has 0 saturated carbocycles. The van der Waals surface area contributed by atoms with Gasteiger partial charge >= 0.3 is 6.09 Å². The van der Waals surface area contributed by atoms with E-state index in [0.717, 1.165) is 12.3 Å². The maximum Gasteiger partial charge on any atom is 0.407 e. The van der Waals surface area contributed by atoms with Crippen molar-refractivity contribution < 1.29 is 36.7 Å². The molecule has 1 unspecified atom stereocenters. The number of carbonyl (C=O) groups is 3. The molecule has 0 aliphatic carbocycles. The van der Waals surface area contributed by atoms with Crippen molar-refractivity contribution in [2.45, 2.75) is 57.7 Å². The van der Waals surface area contributed by atoms with Crippen LogP contribution < -0.4 is 16.0 Å². The smallest absolute Gasteiger partial charge is 0.407 e. The number of nitrogens with one attached hydrogen (secondary N) is 3. The number of pyridine rings is 2. The molecular weight excluding hydrogens is 674 g/mol. The largest absolute Gasteiger partial charge is 0.445 e. The number of aromatic nitrogens is 6. The Kier molecular flexibility index (Phi) is 9.38. The molecule has 1 aliphatic rings. The number of nitrogens with zero attached hydrogens (tertiary/aromatic N) is 6. The molecule has 1 aliphatic heterocycles. The van der Waals surface area contributed by atoms with Crippen molar-refractivity contribution in [1.29, 1.82) is 0 Å². The highest BCUT2D eigenvalue weighted by atomic mass is 19.3. The summed E-state index contributed by atoms with van der Waals surface area (Å²) in [6.07, 6.45) is -2.34. The number of anilines is 1. The van der Waals surface area contributed by atoms with Gasteiger partial charge in [0.05, 0.1) is 34.8 Å². The van der Waals surface area contributed by atoms with Gasteiger partial charge in [0.15, 0.2) is 11.5 Å². The molecule has 51 heavy (non-hydrogen) atoms. The number of hydrogen-bond acceptors (Lipinski definition) is 9. The Balaban J connectivity index is 1.33. The van der Waals surface area contributed by atoms with Crippen molar-refractivity contribution in [3.63, 3.8) is 0 Å². The molecule has 3 N–H and O–H groups in total. The van der Waals surface area contributed by atoms with Crippen LogP contribution in [0, 0.1) is 11.6 Å². The molecule has 6 rings (SSSR count). The number of alkyl carbamates (subject to hydrolysis) is 1. The lowest BCUT2D eigenvalue weighted by Gasteiger charge is -2.30. The number of amides is 3. The SMILES string of the molecule is CC(CNC(=O)c1nc(-c2nn(Cc3ncccc3F)c3ncc(F)cc23)nc2c1C(C)(C)C(=O)N2)(CC(F)F)NC(=O)OCc1ccccc1. The highest BCUT2D eigenvalue weighted by Gasteiger charge is 2.44. The number of fused-ring (bicyclic) bond motifs is 2. The Labute approximate surface area is 287 Å². The summed E-state index contributed by atoms with van der Waals surface area (Å²) in [5.74, 6) is -2.97. The maximum absolute atomic E-state index is 14.5. The van der Waals surface area contributed by atoms with Crippen LogP contribution in [0.1, 0.15) is 54.5 Å². The fraction of sp³-hybridized carbons (Fsp3) is 0.294. The number of carbonyl (C=O) groups excluding carboxylic acids is 3. The van der Waals surface area contributed by atoms with Gasteiger partial charge in [-0.25, -0.2) is 42.0 Å². The van der Waals surface area contributed by atoms with Crippen LogP contribution in [0.15, 0.2) is 60.9 Å². The van der Waals surface area contributed by atoms with Gasteiger partial charge in [0.2, 0.25) is 12.3 Å². The van der Waals surface area contributed by atoms with Crippen molar-refractivity contribution in [3.8, 4) is 11.5 Å². The summed E-state index contributed by atoms with van der Waals surface area (Å²) in [4.78, 5) is 56.6. The first kappa shape index (κ1) is 34.8. The molecule has 4 aromatic heterocycles. The first-order valence-corrected chi connectivity index (χ1v) is 15.6. The third-order valence-electron chi connectivity index (χ3n) is 8.31. The van der Waals surface area contributed by atoms with Crippen molar-refractivity contribution in [1.82, 2.24) is 40.3 Å². The van der Waals surface area contributed by atoms with E-state index in [9.17, 15) is 31.9 Å². The Morgan fingerprint density at radius 3 is 2.57 bits per heavy atom. The Bertz CT molecular complexity index is 2150. The predicted molar refractivity (Wildman–Crippen MR) is 175 cm³/mol. The average Bonchev–Trinajstić information content (AvgIpc) is 3.55. The molecule has 1 aromatic carbocycles. The highest BCUT2D eigenvalue weighted by molar-refractivity contribution is 6.09. The fourth-order valence-electron chi connectivity index (χ4n) is 5.65. The van der Waals surface area contributed by atoms with Crippen molar-refractivity contribution in [2.24, 2.45) is 0 Å². The molecule has 17 heteroatoms.